The summed E-state index contributed by atoms with van der Waals surface area (Å²) in [5, 5.41) is 0. The van der Waals surface area contributed by atoms with Crippen LogP contribution >= 0.6 is 0 Å². The van der Waals surface area contributed by atoms with Gasteiger partial charge in [0.15, 0.2) is 0 Å². The van der Waals surface area contributed by atoms with Gasteiger partial charge in [0.2, 0.25) is 10.0 Å². The molecule has 0 unspecified atom stereocenters. The molecule has 0 amide bonds. The largest absolute Gasteiger partial charge is 0.329 e. The molecule has 0 radical (unpaired) electrons. The van der Waals surface area contributed by atoms with Crippen molar-refractivity contribution in [3.63, 3.8) is 0 Å². The number of benzene rings is 1. The van der Waals surface area contributed by atoms with Gasteiger partial charge in [-0.05, 0) is 59.1 Å². The first-order valence-corrected chi connectivity index (χ1v) is 9.64. The second kappa shape index (κ2) is 6.69. The maximum Gasteiger partial charge on any atom is 0.241 e. The van der Waals surface area contributed by atoms with Gasteiger partial charge in [-0.25, -0.2) is 8.42 Å². The van der Waals surface area contributed by atoms with Gasteiger partial charge in [-0.3, -0.25) is 0 Å². The lowest BCUT2D eigenvalue weighted by atomic mass is 9.94. The van der Waals surface area contributed by atoms with Gasteiger partial charge in [0.1, 0.15) is 0 Å². The fourth-order valence-corrected chi connectivity index (χ4v) is 4.94. The molecule has 1 fully saturated rings. The van der Waals surface area contributed by atoms with E-state index in [2.05, 4.69) is 18.6 Å². The zero-order chi connectivity index (χ0) is 16.4. The molecule has 0 saturated carbocycles. The third-order valence-corrected chi connectivity index (χ3v) is 6.36. The highest BCUT2D eigenvalue weighted by Crippen LogP contribution is 2.13. The van der Waals surface area contributed by atoms with Gasteiger partial charge in [0.05, 0.1) is 29.1 Å². The zero-order valence-corrected chi connectivity index (χ0v) is 14.9. The minimum Gasteiger partial charge on any atom is -0.329 e. The van der Waals surface area contributed by atoms with Crippen LogP contribution in [-0.2, 0) is 10.0 Å². The molecule has 0 aliphatic carbocycles. The van der Waals surface area contributed by atoms with Crippen LogP contribution in [0.15, 0.2) is 35.2 Å². The number of rotatable bonds is 5. The van der Waals surface area contributed by atoms with E-state index >= 15 is 0 Å². The van der Waals surface area contributed by atoms with Gasteiger partial charge < -0.3 is 4.90 Å². The van der Waals surface area contributed by atoms with Crippen molar-refractivity contribution in [2.75, 3.05) is 6.54 Å². The molecule has 1 aliphatic heterocycles. The third kappa shape index (κ3) is 4.31. The summed E-state index contributed by atoms with van der Waals surface area (Å²) in [4.78, 5) is 1.84. The maximum atomic E-state index is 12.5. The molecule has 1 aromatic carbocycles. The fraction of sp³-hybridized carbons (Fsp3) is 0.647. The molecule has 1 heterocycles. The molecule has 4 nitrogen and oxygen atoms in total. The topological polar surface area (TPSA) is 50.6 Å². The second-order valence-corrected chi connectivity index (χ2v) is 8.97. The van der Waals surface area contributed by atoms with Gasteiger partial charge in [0, 0.05) is 0 Å². The Bertz CT molecular complexity index is 574. The Morgan fingerprint density at radius 3 is 2.23 bits per heavy atom. The number of nitrogens with one attached hydrogen (secondary N) is 2. The van der Waals surface area contributed by atoms with E-state index in [0.717, 1.165) is 6.54 Å². The molecule has 124 valence electrons. The Balaban J connectivity index is 2.10. The standard InChI is InChI=1S/C17H28N2O2S/c1-14-9-8-10-15(2)19(14)13-17(3,4)18-22(20,21)16-11-6-5-7-12-16/h5-7,11-12,14-15,18H,8-10,13H2,1-4H3/p+1/t14-,15-/m0/s1. The number of hydrogen-bond donors (Lipinski definition) is 2. The predicted molar refractivity (Wildman–Crippen MR) is 89.4 cm³/mol. The van der Waals surface area contributed by atoms with Crippen LogP contribution in [0, 0.1) is 0 Å². The van der Waals surface area contributed by atoms with E-state index in [0.29, 0.717) is 17.0 Å². The zero-order valence-electron chi connectivity index (χ0n) is 14.1. The summed E-state index contributed by atoms with van der Waals surface area (Å²) >= 11 is 0. The summed E-state index contributed by atoms with van der Waals surface area (Å²) in [5.41, 5.74) is -0.468. The minimum absolute atomic E-state index is 0.331. The Labute approximate surface area is 135 Å². The first-order valence-electron chi connectivity index (χ1n) is 8.16. The highest BCUT2D eigenvalue weighted by Gasteiger charge is 2.36. The summed E-state index contributed by atoms with van der Waals surface area (Å²) in [6.07, 6.45) is 3.73. The minimum atomic E-state index is -3.47. The van der Waals surface area contributed by atoms with E-state index in [1.54, 1.807) is 24.3 Å². The van der Waals surface area contributed by atoms with Crippen molar-refractivity contribution in [1.82, 2.24) is 4.72 Å². The fourth-order valence-electron chi connectivity index (χ4n) is 3.50. The molecule has 22 heavy (non-hydrogen) atoms. The molecule has 2 rings (SSSR count). The highest BCUT2D eigenvalue weighted by atomic mass is 32.2. The molecular weight excluding hydrogens is 296 g/mol. The second-order valence-electron chi connectivity index (χ2n) is 7.29. The number of hydrogen-bond acceptors (Lipinski definition) is 2. The maximum absolute atomic E-state index is 12.5. The van der Waals surface area contributed by atoms with E-state index < -0.39 is 15.6 Å². The molecule has 1 aromatic rings. The number of likely N-dealkylation sites (tertiary alicyclic amines) is 1. The normalized spacial score (nSPS) is 24.4. The van der Waals surface area contributed by atoms with Crippen LogP contribution in [0.25, 0.3) is 0 Å². The smallest absolute Gasteiger partial charge is 0.241 e. The van der Waals surface area contributed by atoms with E-state index in [9.17, 15) is 8.42 Å². The lowest BCUT2D eigenvalue weighted by molar-refractivity contribution is -0.954. The summed E-state index contributed by atoms with van der Waals surface area (Å²) in [7, 11) is -3.47. The van der Waals surface area contributed by atoms with Gasteiger partial charge in [-0.15, -0.1) is 0 Å². The van der Waals surface area contributed by atoms with E-state index in [4.69, 9.17) is 0 Å². The predicted octanol–water partition coefficient (Wildman–Crippen LogP) is 1.59. The average Bonchev–Trinajstić information content (AvgIpc) is 2.43. The number of quaternary nitrogens is 1. The van der Waals surface area contributed by atoms with Crippen LogP contribution in [-0.4, -0.2) is 32.6 Å². The van der Waals surface area contributed by atoms with Crippen molar-refractivity contribution in [3.8, 4) is 0 Å². The van der Waals surface area contributed by atoms with Crippen LogP contribution in [0.5, 0.6) is 0 Å². The van der Waals surface area contributed by atoms with E-state index in [1.165, 1.54) is 24.2 Å². The summed E-state index contributed by atoms with van der Waals surface area (Å²) in [5.74, 6) is 0. The lowest BCUT2D eigenvalue weighted by Crippen LogP contribution is -3.21. The molecule has 2 N–H and O–H groups in total. The Kier molecular flexibility index (Phi) is 5.30. The van der Waals surface area contributed by atoms with Crippen molar-refractivity contribution in [3.05, 3.63) is 30.3 Å². The van der Waals surface area contributed by atoms with Crippen LogP contribution in [0.1, 0.15) is 47.0 Å². The first-order chi connectivity index (χ1) is 10.2. The van der Waals surface area contributed by atoms with Gasteiger partial charge in [-0.2, -0.15) is 4.72 Å². The molecular formula is C17H29N2O2S+. The van der Waals surface area contributed by atoms with Gasteiger partial charge >= 0.3 is 0 Å². The van der Waals surface area contributed by atoms with Gasteiger partial charge in [-0.1, -0.05) is 18.2 Å². The SMILES string of the molecule is C[C@H]1CCC[C@H](C)[NH+]1CC(C)(C)NS(=O)(=O)c1ccccc1. The molecule has 0 aromatic heterocycles. The number of piperidine rings is 1. The highest BCUT2D eigenvalue weighted by molar-refractivity contribution is 7.89. The lowest BCUT2D eigenvalue weighted by Gasteiger charge is -2.40. The van der Waals surface area contributed by atoms with Gasteiger partial charge in [0.25, 0.3) is 0 Å². The van der Waals surface area contributed by atoms with Crippen LogP contribution in [0.4, 0.5) is 0 Å². The summed E-state index contributed by atoms with van der Waals surface area (Å²) in [6, 6.07) is 9.78. The van der Waals surface area contributed by atoms with Crippen molar-refractivity contribution in [1.29, 1.82) is 0 Å². The average molecular weight is 325 g/mol. The van der Waals surface area contributed by atoms with Crippen LogP contribution < -0.4 is 9.62 Å². The van der Waals surface area contributed by atoms with Crippen LogP contribution in [0.2, 0.25) is 0 Å². The Morgan fingerprint density at radius 1 is 1.14 bits per heavy atom. The Morgan fingerprint density at radius 2 is 1.68 bits per heavy atom. The Hall–Kier alpha value is -0.910. The molecule has 0 spiro atoms. The van der Waals surface area contributed by atoms with Crippen molar-refractivity contribution in [2.24, 2.45) is 0 Å². The van der Waals surface area contributed by atoms with Crippen LogP contribution in [0.3, 0.4) is 0 Å². The molecule has 1 saturated heterocycles. The monoisotopic (exact) mass is 325 g/mol. The molecule has 2 atom stereocenters. The van der Waals surface area contributed by atoms with Crippen molar-refractivity contribution >= 4 is 10.0 Å². The quantitative estimate of drug-likeness (QED) is 0.864. The molecule has 5 heteroatoms. The molecule has 1 aliphatic rings. The summed E-state index contributed by atoms with van der Waals surface area (Å²) < 4.78 is 28.0. The summed E-state index contributed by atoms with van der Waals surface area (Å²) in [6.45, 7) is 9.31. The van der Waals surface area contributed by atoms with E-state index in [-0.39, 0.29) is 0 Å². The molecule has 0 bridgehead atoms. The van der Waals surface area contributed by atoms with Crippen molar-refractivity contribution in [2.45, 2.75) is 69.5 Å². The third-order valence-electron chi connectivity index (χ3n) is 4.65. The first kappa shape index (κ1) is 17.4. The van der Waals surface area contributed by atoms with Crippen molar-refractivity contribution < 1.29 is 13.3 Å². The number of sulfonamides is 1. The van der Waals surface area contributed by atoms with E-state index in [1.807, 2.05) is 19.9 Å².